The van der Waals surface area contributed by atoms with Gasteiger partial charge in [-0.05, 0) is 0 Å². The van der Waals surface area contributed by atoms with Gasteiger partial charge in [-0.1, -0.05) is 0 Å². The molecule has 2 rings (SSSR count). The Bertz CT molecular complexity index is 623. The maximum Gasteiger partial charge on any atom is 0.330 e. The third-order valence-corrected chi connectivity index (χ3v) is 3.16. The molecule has 21 heavy (non-hydrogen) atoms. The number of ether oxygens (including phenoxy) is 3. The molecule has 2 heterocycles. The minimum atomic E-state index is -0.930. The molecule has 0 saturated carbocycles. The number of methoxy groups -OCH3 is 1. The first-order valence-electron chi connectivity index (χ1n) is 6.25. The molecular formula is C12H16N2O7. The van der Waals surface area contributed by atoms with E-state index in [1.165, 1.54) is 20.2 Å². The Kier molecular flexibility index (Phi) is 4.56. The molecule has 1 fully saturated rings. The number of nitrogens with one attached hydrogen (secondary N) is 1. The van der Waals surface area contributed by atoms with E-state index in [9.17, 15) is 19.5 Å². The molecule has 9 heteroatoms. The van der Waals surface area contributed by atoms with Gasteiger partial charge >= 0.3 is 11.7 Å². The van der Waals surface area contributed by atoms with Crippen molar-refractivity contribution in [3.8, 4) is 0 Å². The summed E-state index contributed by atoms with van der Waals surface area (Å²) >= 11 is 0. The fraction of sp³-hybridized carbons (Fsp3) is 0.583. The molecule has 9 nitrogen and oxygen atoms in total. The van der Waals surface area contributed by atoms with Crippen LogP contribution in [-0.2, 0) is 19.0 Å². The van der Waals surface area contributed by atoms with Gasteiger partial charge in [0.05, 0.1) is 6.61 Å². The van der Waals surface area contributed by atoms with Crippen molar-refractivity contribution in [3.63, 3.8) is 0 Å². The van der Waals surface area contributed by atoms with Crippen molar-refractivity contribution in [2.24, 2.45) is 0 Å². The normalized spacial score (nSPS) is 28.5. The minimum Gasteiger partial charge on any atom is -0.457 e. The van der Waals surface area contributed by atoms with Gasteiger partial charge in [-0.15, -0.1) is 0 Å². The van der Waals surface area contributed by atoms with Crippen LogP contribution < -0.4 is 11.2 Å². The van der Waals surface area contributed by atoms with Crippen LogP contribution >= 0.6 is 0 Å². The highest BCUT2D eigenvalue weighted by molar-refractivity contribution is 5.66. The Morgan fingerprint density at radius 1 is 1.48 bits per heavy atom. The molecule has 0 aromatic carbocycles. The zero-order valence-electron chi connectivity index (χ0n) is 11.5. The van der Waals surface area contributed by atoms with Gasteiger partial charge in [0.25, 0.3) is 5.56 Å². The van der Waals surface area contributed by atoms with E-state index in [-0.39, 0.29) is 0 Å². The number of esters is 1. The molecule has 4 atom stereocenters. The molecule has 0 spiro atoms. The van der Waals surface area contributed by atoms with Gasteiger partial charge in [-0.3, -0.25) is 19.1 Å². The molecule has 116 valence electrons. The van der Waals surface area contributed by atoms with Gasteiger partial charge in [-0.2, -0.15) is 0 Å². The summed E-state index contributed by atoms with van der Waals surface area (Å²) in [5, 5.41) is 9.32. The highest BCUT2D eigenvalue weighted by atomic mass is 16.6. The Balaban J connectivity index is 2.37. The zero-order chi connectivity index (χ0) is 15.6. The van der Waals surface area contributed by atoms with E-state index >= 15 is 0 Å². The molecule has 1 aromatic heterocycles. The highest BCUT2D eigenvalue weighted by Crippen LogP contribution is 2.32. The monoisotopic (exact) mass is 300 g/mol. The number of aliphatic hydroxyl groups excluding tert-OH is 1. The summed E-state index contributed by atoms with van der Waals surface area (Å²) in [5.41, 5.74) is -1.23. The van der Waals surface area contributed by atoms with Gasteiger partial charge in [0.2, 0.25) is 0 Å². The number of aromatic amines is 1. The van der Waals surface area contributed by atoms with E-state index in [2.05, 4.69) is 4.98 Å². The molecule has 1 saturated heterocycles. The lowest BCUT2D eigenvalue weighted by atomic mass is 10.1. The van der Waals surface area contributed by atoms with Crippen LogP contribution in [0.2, 0.25) is 0 Å². The number of hydrogen-bond acceptors (Lipinski definition) is 7. The summed E-state index contributed by atoms with van der Waals surface area (Å²) in [7, 11) is 1.37. The van der Waals surface area contributed by atoms with Gasteiger partial charge in [-0.25, -0.2) is 4.79 Å². The van der Waals surface area contributed by atoms with Gasteiger partial charge in [0.15, 0.2) is 12.3 Å². The maximum atomic E-state index is 11.8. The predicted octanol–water partition coefficient (Wildman–Crippen LogP) is -1.63. The predicted molar refractivity (Wildman–Crippen MR) is 68.7 cm³/mol. The Morgan fingerprint density at radius 2 is 2.19 bits per heavy atom. The third-order valence-electron chi connectivity index (χ3n) is 3.16. The molecule has 1 aliphatic rings. The lowest BCUT2D eigenvalue weighted by molar-refractivity contribution is -0.154. The fourth-order valence-corrected chi connectivity index (χ4v) is 2.29. The van der Waals surface area contributed by atoms with Crippen LogP contribution in [-0.4, -0.2) is 52.7 Å². The number of aromatic nitrogens is 2. The summed E-state index contributed by atoms with van der Waals surface area (Å²) in [5.74, 6) is -0.557. The van der Waals surface area contributed by atoms with Gasteiger partial charge in [0, 0.05) is 26.3 Å². The number of carbonyl (C=O) groups is 1. The summed E-state index contributed by atoms with van der Waals surface area (Å²) in [6.45, 7) is 0.813. The van der Waals surface area contributed by atoms with E-state index in [0.717, 1.165) is 10.6 Å². The molecule has 1 aromatic rings. The van der Waals surface area contributed by atoms with Crippen LogP contribution in [0.1, 0.15) is 13.2 Å². The van der Waals surface area contributed by atoms with E-state index in [0.29, 0.717) is 0 Å². The second kappa shape index (κ2) is 6.20. The highest BCUT2D eigenvalue weighted by Gasteiger charge is 2.48. The van der Waals surface area contributed by atoms with Crippen molar-refractivity contribution in [2.75, 3.05) is 13.7 Å². The summed E-state index contributed by atoms with van der Waals surface area (Å²) in [6, 6.07) is 1.16. The topological polar surface area (TPSA) is 120 Å². The van der Waals surface area contributed by atoms with Crippen LogP contribution in [0.4, 0.5) is 0 Å². The lowest BCUT2D eigenvalue weighted by Crippen LogP contribution is -2.40. The first-order valence-corrected chi connectivity index (χ1v) is 6.25. The maximum absolute atomic E-state index is 11.8. The number of aliphatic hydroxyl groups is 1. The van der Waals surface area contributed by atoms with E-state index in [4.69, 9.17) is 14.2 Å². The molecule has 0 bridgehead atoms. The second-order valence-corrected chi connectivity index (χ2v) is 4.54. The molecule has 2 N–H and O–H groups in total. The van der Waals surface area contributed by atoms with Crippen LogP contribution in [0.25, 0.3) is 0 Å². The van der Waals surface area contributed by atoms with Crippen molar-refractivity contribution < 1.29 is 24.1 Å². The Morgan fingerprint density at radius 3 is 2.71 bits per heavy atom. The van der Waals surface area contributed by atoms with Crippen LogP contribution in [0.15, 0.2) is 21.9 Å². The third kappa shape index (κ3) is 3.04. The summed E-state index contributed by atoms with van der Waals surface area (Å²) in [6.07, 6.45) is -2.16. The first-order chi connectivity index (χ1) is 9.97. The average molecular weight is 300 g/mol. The molecule has 0 radical (unpaired) electrons. The molecule has 0 amide bonds. The zero-order valence-corrected chi connectivity index (χ0v) is 11.5. The first kappa shape index (κ1) is 15.4. The standard InChI is InChI=1S/C12H16N2O7/c1-6(16)20-9-7(5-15)21-11(10(9)19-2)14-4-3-8(17)13-12(14)18/h3-4,7,9-11,15H,5H2,1-2H3,(H,13,17,18)/t7-,9?,10?,11-/m0/s1. The SMILES string of the molecule is COC1C(OC(C)=O)[C@H](CO)O[C@@H]1n1ccc(=O)[nH]c1=O. The number of hydrogen-bond donors (Lipinski definition) is 2. The Hall–Kier alpha value is -1.97. The fourth-order valence-electron chi connectivity index (χ4n) is 2.29. The smallest absolute Gasteiger partial charge is 0.330 e. The lowest BCUT2D eigenvalue weighted by Gasteiger charge is -2.22. The van der Waals surface area contributed by atoms with E-state index < -0.39 is 48.4 Å². The van der Waals surface area contributed by atoms with E-state index in [1.54, 1.807) is 0 Å². The van der Waals surface area contributed by atoms with Crippen LogP contribution in [0.5, 0.6) is 0 Å². The minimum absolute atomic E-state index is 0.410. The molecule has 0 aliphatic carbocycles. The summed E-state index contributed by atoms with van der Waals surface area (Å²) in [4.78, 5) is 36.1. The van der Waals surface area contributed by atoms with Gasteiger partial charge in [0.1, 0.15) is 12.2 Å². The van der Waals surface area contributed by atoms with Crippen molar-refractivity contribution >= 4 is 5.97 Å². The van der Waals surface area contributed by atoms with Crippen molar-refractivity contribution in [2.45, 2.75) is 31.5 Å². The average Bonchev–Trinajstić information content (AvgIpc) is 2.75. The largest absolute Gasteiger partial charge is 0.457 e. The number of H-pyrrole nitrogens is 1. The van der Waals surface area contributed by atoms with Crippen molar-refractivity contribution in [1.29, 1.82) is 0 Å². The number of rotatable bonds is 4. The molecule has 1 aliphatic heterocycles. The Labute approximate surface area is 119 Å². The summed E-state index contributed by atoms with van der Waals surface area (Å²) < 4.78 is 17.0. The number of nitrogens with zero attached hydrogens (tertiary/aromatic N) is 1. The van der Waals surface area contributed by atoms with Crippen molar-refractivity contribution in [3.05, 3.63) is 33.1 Å². The second-order valence-electron chi connectivity index (χ2n) is 4.54. The molecular weight excluding hydrogens is 284 g/mol. The van der Waals surface area contributed by atoms with Gasteiger partial charge < -0.3 is 19.3 Å². The number of carbonyl (C=O) groups excluding carboxylic acids is 1. The van der Waals surface area contributed by atoms with Crippen LogP contribution in [0, 0.1) is 0 Å². The van der Waals surface area contributed by atoms with Crippen LogP contribution in [0.3, 0.4) is 0 Å². The van der Waals surface area contributed by atoms with E-state index in [1.807, 2.05) is 0 Å². The quantitative estimate of drug-likeness (QED) is 0.641. The van der Waals surface area contributed by atoms with Crippen molar-refractivity contribution in [1.82, 2.24) is 9.55 Å². The molecule has 2 unspecified atom stereocenters.